The number of hydrogen-bond donors (Lipinski definition) is 0. The van der Waals surface area contributed by atoms with Crippen molar-refractivity contribution in [2.24, 2.45) is 0 Å². The van der Waals surface area contributed by atoms with Crippen molar-refractivity contribution >= 4 is 40.2 Å². The number of thiazole rings is 1. The first-order chi connectivity index (χ1) is 17.0. The van der Waals surface area contributed by atoms with Crippen LogP contribution in [0.4, 0.5) is 0 Å². The molecule has 1 aliphatic rings. The van der Waals surface area contributed by atoms with E-state index in [-0.39, 0.29) is 5.91 Å². The molecular weight excluding hydrogens is 496 g/mol. The van der Waals surface area contributed by atoms with Gasteiger partial charge >= 0.3 is 0 Å². The summed E-state index contributed by atoms with van der Waals surface area (Å²) in [4.78, 5) is 22.1. The average molecular weight is 523 g/mol. The van der Waals surface area contributed by atoms with Gasteiger partial charge in [-0.2, -0.15) is 0 Å². The lowest BCUT2D eigenvalue weighted by Gasteiger charge is -2.31. The highest BCUT2D eigenvalue weighted by Crippen LogP contribution is 2.42. The van der Waals surface area contributed by atoms with E-state index in [0.29, 0.717) is 23.2 Å². The Hall–Kier alpha value is -2.67. The summed E-state index contributed by atoms with van der Waals surface area (Å²) in [6.45, 7) is 6.05. The van der Waals surface area contributed by atoms with E-state index in [1.165, 1.54) is 27.3 Å². The van der Waals surface area contributed by atoms with E-state index < -0.39 is 0 Å². The molecule has 3 heterocycles. The standard InChI is InChI=1S/C28H27ClN2O2S2/c1-3-33-23-14-17-34-26(23)28(32)31-15-12-21(13-16-31)27-30-24(19-8-10-22(29)11-9-19)25(35-27)20-6-4-18(2)5-7-20/h4-11,14,17,21H,3,12-13,15-16H2,1-2H3. The monoisotopic (exact) mass is 522 g/mol. The van der Waals surface area contributed by atoms with Gasteiger partial charge in [-0.25, -0.2) is 4.98 Å². The van der Waals surface area contributed by atoms with Crippen molar-refractivity contribution in [3.63, 3.8) is 0 Å². The van der Waals surface area contributed by atoms with E-state index in [2.05, 4.69) is 31.2 Å². The number of ether oxygens (including phenoxy) is 1. The third kappa shape index (κ3) is 5.15. The molecule has 0 aliphatic carbocycles. The Kier molecular flexibility index (Phi) is 7.23. The van der Waals surface area contributed by atoms with Crippen LogP contribution in [0.25, 0.3) is 21.7 Å². The van der Waals surface area contributed by atoms with Gasteiger partial charge in [0.25, 0.3) is 5.91 Å². The second kappa shape index (κ2) is 10.5. The van der Waals surface area contributed by atoms with Gasteiger partial charge in [0.05, 0.1) is 22.2 Å². The highest BCUT2D eigenvalue weighted by Gasteiger charge is 2.29. The molecule has 2 aromatic carbocycles. The normalized spacial score (nSPS) is 14.3. The smallest absolute Gasteiger partial charge is 0.267 e. The van der Waals surface area contributed by atoms with Gasteiger partial charge in [0.2, 0.25) is 0 Å². The molecule has 0 saturated carbocycles. The van der Waals surface area contributed by atoms with Crippen molar-refractivity contribution in [1.29, 1.82) is 0 Å². The van der Waals surface area contributed by atoms with Crippen molar-refractivity contribution in [3.8, 4) is 27.4 Å². The molecule has 1 saturated heterocycles. The molecule has 0 unspecified atom stereocenters. The highest BCUT2D eigenvalue weighted by molar-refractivity contribution is 7.15. The molecule has 5 rings (SSSR count). The summed E-state index contributed by atoms with van der Waals surface area (Å²) in [5.74, 6) is 1.10. The molecule has 0 bridgehead atoms. The predicted molar refractivity (Wildman–Crippen MR) is 146 cm³/mol. The van der Waals surface area contributed by atoms with Crippen LogP contribution in [0.15, 0.2) is 60.0 Å². The quantitative estimate of drug-likeness (QED) is 0.258. The zero-order chi connectivity index (χ0) is 24.4. The minimum atomic E-state index is 0.0724. The largest absolute Gasteiger partial charge is 0.492 e. The number of hydrogen-bond acceptors (Lipinski definition) is 5. The Morgan fingerprint density at radius 1 is 1.06 bits per heavy atom. The van der Waals surface area contributed by atoms with Crippen LogP contribution < -0.4 is 4.74 Å². The van der Waals surface area contributed by atoms with E-state index >= 15 is 0 Å². The van der Waals surface area contributed by atoms with Crippen molar-refractivity contribution in [3.05, 3.63) is 80.4 Å². The summed E-state index contributed by atoms with van der Waals surface area (Å²) in [5, 5.41) is 3.78. The molecule has 4 aromatic rings. The average Bonchev–Trinajstić information content (AvgIpc) is 3.53. The number of likely N-dealkylation sites (tertiary alicyclic amines) is 1. The van der Waals surface area contributed by atoms with Gasteiger partial charge in [0.1, 0.15) is 10.6 Å². The molecule has 1 fully saturated rings. The van der Waals surface area contributed by atoms with Crippen molar-refractivity contribution in [2.45, 2.75) is 32.6 Å². The van der Waals surface area contributed by atoms with Crippen LogP contribution in [0.2, 0.25) is 5.02 Å². The van der Waals surface area contributed by atoms with Crippen LogP contribution in [0.5, 0.6) is 5.75 Å². The number of benzene rings is 2. The number of halogens is 1. The lowest BCUT2D eigenvalue weighted by molar-refractivity contribution is 0.0714. The van der Waals surface area contributed by atoms with Crippen molar-refractivity contribution in [1.82, 2.24) is 9.88 Å². The summed E-state index contributed by atoms with van der Waals surface area (Å²) < 4.78 is 5.64. The molecule has 180 valence electrons. The maximum absolute atomic E-state index is 13.1. The number of piperidine rings is 1. The minimum Gasteiger partial charge on any atom is -0.492 e. The van der Waals surface area contributed by atoms with Crippen LogP contribution in [-0.2, 0) is 0 Å². The van der Waals surface area contributed by atoms with Crippen molar-refractivity contribution < 1.29 is 9.53 Å². The van der Waals surface area contributed by atoms with Gasteiger partial charge in [-0.05, 0) is 55.8 Å². The van der Waals surface area contributed by atoms with E-state index in [9.17, 15) is 4.79 Å². The van der Waals surface area contributed by atoms with Crippen LogP contribution in [0.1, 0.15) is 45.9 Å². The third-order valence-electron chi connectivity index (χ3n) is 6.33. The van der Waals surface area contributed by atoms with Crippen LogP contribution in [0, 0.1) is 6.92 Å². The Morgan fingerprint density at radius 2 is 1.74 bits per heavy atom. The second-order valence-electron chi connectivity index (χ2n) is 8.72. The Labute approximate surface area is 219 Å². The SMILES string of the molecule is CCOc1ccsc1C(=O)N1CCC(c2nc(-c3ccc(Cl)cc3)c(-c3ccc(C)cc3)s2)CC1. The maximum Gasteiger partial charge on any atom is 0.267 e. The lowest BCUT2D eigenvalue weighted by atomic mass is 9.97. The summed E-state index contributed by atoms with van der Waals surface area (Å²) in [7, 11) is 0. The first-order valence-corrected chi connectivity index (χ1v) is 13.9. The van der Waals surface area contributed by atoms with Crippen LogP contribution >= 0.6 is 34.3 Å². The zero-order valence-electron chi connectivity index (χ0n) is 19.8. The molecule has 35 heavy (non-hydrogen) atoms. The molecule has 0 N–H and O–H groups in total. The number of thiophene rings is 1. The van der Waals surface area contributed by atoms with Gasteiger partial charge in [-0.3, -0.25) is 4.79 Å². The summed E-state index contributed by atoms with van der Waals surface area (Å²) >= 11 is 9.38. The summed E-state index contributed by atoms with van der Waals surface area (Å²) in [6.07, 6.45) is 1.81. The van der Waals surface area contributed by atoms with Crippen LogP contribution in [-0.4, -0.2) is 35.5 Å². The van der Waals surface area contributed by atoms with E-state index in [0.717, 1.165) is 47.2 Å². The number of amides is 1. The number of rotatable bonds is 6. The molecular formula is C28H27ClN2O2S2. The Bertz CT molecular complexity index is 1240. The molecule has 1 amide bonds. The Balaban J connectivity index is 1.38. The molecule has 1 aliphatic heterocycles. The van der Waals surface area contributed by atoms with Gasteiger partial charge in [0.15, 0.2) is 0 Å². The van der Waals surface area contributed by atoms with E-state index in [1.54, 1.807) is 11.3 Å². The summed E-state index contributed by atoms with van der Waals surface area (Å²) in [5.41, 5.74) is 4.49. The van der Waals surface area contributed by atoms with Crippen LogP contribution in [0.3, 0.4) is 0 Å². The van der Waals surface area contributed by atoms with Gasteiger partial charge in [-0.15, -0.1) is 22.7 Å². The van der Waals surface area contributed by atoms with E-state index in [1.807, 2.05) is 47.5 Å². The van der Waals surface area contributed by atoms with Crippen molar-refractivity contribution in [2.75, 3.05) is 19.7 Å². The number of carbonyl (C=O) groups is 1. The zero-order valence-corrected chi connectivity index (χ0v) is 22.2. The first kappa shape index (κ1) is 24.0. The maximum atomic E-state index is 13.1. The molecule has 0 atom stereocenters. The molecule has 0 radical (unpaired) electrons. The topological polar surface area (TPSA) is 42.4 Å². The Morgan fingerprint density at radius 3 is 2.43 bits per heavy atom. The van der Waals surface area contributed by atoms with E-state index in [4.69, 9.17) is 21.3 Å². The molecule has 7 heteroatoms. The predicted octanol–water partition coefficient (Wildman–Crippen LogP) is 7.92. The minimum absolute atomic E-state index is 0.0724. The highest BCUT2D eigenvalue weighted by atomic mass is 35.5. The van der Waals surface area contributed by atoms with Gasteiger partial charge in [0, 0.05) is 29.6 Å². The number of aromatic nitrogens is 1. The molecule has 4 nitrogen and oxygen atoms in total. The fraction of sp³-hybridized carbons (Fsp3) is 0.286. The second-order valence-corrected chi connectivity index (χ2v) is 11.1. The number of aryl methyl sites for hydroxylation is 1. The summed E-state index contributed by atoms with van der Waals surface area (Å²) in [6, 6.07) is 18.4. The molecule has 2 aromatic heterocycles. The fourth-order valence-electron chi connectivity index (χ4n) is 4.41. The third-order valence-corrected chi connectivity index (χ3v) is 8.73. The first-order valence-electron chi connectivity index (χ1n) is 11.9. The number of carbonyl (C=O) groups excluding carboxylic acids is 1. The fourth-order valence-corrected chi connectivity index (χ4v) is 6.60. The lowest BCUT2D eigenvalue weighted by Crippen LogP contribution is -2.37. The number of nitrogens with zero attached hydrogens (tertiary/aromatic N) is 2. The van der Waals surface area contributed by atoms with Gasteiger partial charge < -0.3 is 9.64 Å². The molecule has 0 spiro atoms. The van der Waals surface area contributed by atoms with Gasteiger partial charge in [-0.1, -0.05) is 53.6 Å².